The lowest BCUT2D eigenvalue weighted by Crippen LogP contribution is -2.21. The summed E-state index contributed by atoms with van der Waals surface area (Å²) in [5.74, 6) is -0.859. The summed E-state index contributed by atoms with van der Waals surface area (Å²) in [4.78, 5) is 25.1. The van der Waals surface area contributed by atoms with E-state index in [1.165, 1.54) is 5.56 Å². The third-order valence-corrected chi connectivity index (χ3v) is 6.21. The number of hydrogen-bond donors (Lipinski definition) is 3. The average Bonchev–Trinajstić information content (AvgIpc) is 3.39. The van der Waals surface area contributed by atoms with Crippen LogP contribution in [0.15, 0.2) is 34.7 Å². The number of methoxy groups -OCH3 is 2. The highest BCUT2D eigenvalue weighted by Crippen LogP contribution is 2.31. The van der Waals surface area contributed by atoms with Gasteiger partial charge in [-0.1, -0.05) is 6.07 Å². The number of pyridine rings is 1. The minimum absolute atomic E-state index is 0.0773. The topological polar surface area (TPSA) is 157 Å². The Balaban J connectivity index is 0.000000587. The molecular weight excluding hydrogens is 549 g/mol. The second-order valence-corrected chi connectivity index (χ2v) is 9.23. The third kappa shape index (κ3) is 9.65. The molecule has 3 N–H and O–H groups in total. The van der Waals surface area contributed by atoms with Gasteiger partial charge in [0.2, 0.25) is 11.8 Å². The highest BCUT2D eigenvalue weighted by molar-refractivity contribution is 5.73. The van der Waals surface area contributed by atoms with Gasteiger partial charge in [0.25, 0.3) is 0 Å². The van der Waals surface area contributed by atoms with Crippen molar-refractivity contribution < 1.29 is 46.9 Å². The SMILES string of the molecule is COc1cc(OC)cc(C(CC(=O)O)Cc2nnc(CCCc3ccc4c(n3)NCCC4)o2)c1.O=C(O)C(F)(F)F. The van der Waals surface area contributed by atoms with E-state index in [9.17, 15) is 23.1 Å². The van der Waals surface area contributed by atoms with Crippen LogP contribution in [0.3, 0.4) is 0 Å². The van der Waals surface area contributed by atoms with Gasteiger partial charge < -0.3 is 29.4 Å². The van der Waals surface area contributed by atoms with Crippen LogP contribution in [0.4, 0.5) is 19.0 Å². The second-order valence-electron chi connectivity index (χ2n) is 9.23. The number of carbonyl (C=O) groups is 2. The first-order valence-corrected chi connectivity index (χ1v) is 12.8. The molecule has 0 spiro atoms. The highest BCUT2D eigenvalue weighted by Gasteiger charge is 2.38. The molecule has 4 rings (SSSR count). The lowest BCUT2D eigenvalue weighted by Gasteiger charge is -2.17. The molecule has 222 valence electrons. The molecule has 11 nitrogen and oxygen atoms in total. The summed E-state index contributed by atoms with van der Waals surface area (Å²) in [5, 5.41) is 28.3. The number of anilines is 1. The van der Waals surface area contributed by atoms with Crippen LogP contribution in [0.1, 0.15) is 53.8 Å². The molecule has 0 fully saturated rings. The van der Waals surface area contributed by atoms with Crippen molar-refractivity contribution in [3.05, 3.63) is 58.9 Å². The number of fused-ring (bicyclic) bond motifs is 1. The van der Waals surface area contributed by atoms with Gasteiger partial charge in [0.1, 0.15) is 17.3 Å². The number of aryl methyl sites for hydroxylation is 3. The molecule has 0 amide bonds. The molecule has 0 bridgehead atoms. The van der Waals surface area contributed by atoms with E-state index in [0.717, 1.165) is 49.3 Å². The Labute approximate surface area is 233 Å². The van der Waals surface area contributed by atoms with Gasteiger partial charge >= 0.3 is 18.1 Å². The summed E-state index contributed by atoms with van der Waals surface area (Å²) in [6, 6.07) is 9.62. The number of aromatic nitrogens is 3. The van der Waals surface area contributed by atoms with Crippen LogP contribution in [0.5, 0.6) is 11.5 Å². The zero-order valence-electron chi connectivity index (χ0n) is 22.5. The Morgan fingerprint density at radius 1 is 1.05 bits per heavy atom. The molecule has 3 aromatic rings. The number of carboxylic acid groups (broad SMARTS) is 2. The molecule has 14 heteroatoms. The van der Waals surface area contributed by atoms with Crippen molar-refractivity contribution in [1.29, 1.82) is 0 Å². The van der Waals surface area contributed by atoms with Gasteiger partial charge in [-0.25, -0.2) is 9.78 Å². The quantitative estimate of drug-likeness (QED) is 0.294. The first kappa shape index (κ1) is 31.2. The predicted octanol–water partition coefficient (Wildman–Crippen LogP) is 4.45. The summed E-state index contributed by atoms with van der Waals surface area (Å²) >= 11 is 0. The number of hydrogen-bond acceptors (Lipinski definition) is 9. The van der Waals surface area contributed by atoms with Crippen LogP contribution in [0, 0.1) is 0 Å². The zero-order chi connectivity index (χ0) is 30.0. The van der Waals surface area contributed by atoms with Crippen LogP contribution in [-0.2, 0) is 35.3 Å². The monoisotopic (exact) mass is 580 g/mol. The standard InChI is InChI=1S/C25H30N4O5.C2HF3O2/c1-32-20-11-17(12-21(15-20)33-2)18(14-24(30)31)13-23-29-28-22(34-23)7-3-6-19-9-8-16-5-4-10-26-25(16)27-19;3-2(4,5)1(6)7/h8-9,11-12,15,18H,3-7,10,13-14H2,1-2H3,(H,26,27)(H,30,31);(H,6,7). The number of alkyl halides is 3. The Hall–Kier alpha value is -4.36. The molecule has 1 unspecified atom stereocenters. The van der Waals surface area contributed by atoms with Crippen molar-refractivity contribution in [3.63, 3.8) is 0 Å². The third-order valence-electron chi connectivity index (χ3n) is 6.21. The minimum atomic E-state index is -5.08. The molecule has 0 saturated heterocycles. The van der Waals surface area contributed by atoms with Crippen LogP contribution >= 0.6 is 0 Å². The van der Waals surface area contributed by atoms with E-state index in [-0.39, 0.29) is 12.3 Å². The van der Waals surface area contributed by atoms with Crippen molar-refractivity contribution >= 4 is 17.8 Å². The molecule has 0 saturated carbocycles. The molecule has 0 aliphatic carbocycles. The van der Waals surface area contributed by atoms with Crippen molar-refractivity contribution in [2.24, 2.45) is 0 Å². The summed E-state index contributed by atoms with van der Waals surface area (Å²) in [6.45, 7) is 0.972. The van der Waals surface area contributed by atoms with Crippen LogP contribution in [-0.4, -0.2) is 64.3 Å². The number of rotatable bonds is 11. The van der Waals surface area contributed by atoms with Crippen molar-refractivity contribution in [2.45, 2.75) is 57.0 Å². The fourth-order valence-electron chi connectivity index (χ4n) is 4.20. The molecular formula is C27H31F3N4O7. The number of benzene rings is 1. The van der Waals surface area contributed by atoms with E-state index in [1.807, 2.05) is 12.1 Å². The normalized spacial score (nSPS) is 13.2. The molecule has 1 aliphatic heterocycles. The van der Waals surface area contributed by atoms with Crippen molar-refractivity contribution in [1.82, 2.24) is 15.2 Å². The van der Waals surface area contributed by atoms with Gasteiger partial charge in [0.05, 0.1) is 20.6 Å². The maximum absolute atomic E-state index is 11.5. The molecule has 1 aromatic carbocycles. The number of nitrogens with one attached hydrogen (secondary N) is 1. The van der Waals surface area contributed by atoms with Crippen LogP contribution in [0.25, 0.3) is 0 Å². The number of ether oxygens (including phenoxy) is 2. The van der Waals surface area contributed by atoms with E-state index in [4.69, 9.17) is 28.8 Å². The fraction of sp³-hybridized carbons (Fsp3) is 0.444. The number of aliphatic carboxylic acids is 2. The van der Waals surface area contributed by atoms with E-state index in [1.54, 1.807) is 20.3 Å². The largest absolute Gasteiger partial charge is 0.497 e. The van der Waals surface area contributed by atoms with E-state index >= 15 is 0 Å². The number of carboxylic acids is 2. The van der Waals surface area contributed by atoms with E-state index < -0.39 is 18.1 Å². The number of halogens is 3. The van der Waals surface area contributed by atoms with Gasteiger partial charge in [0, 0.05) is 37.1 Å². The first-order chi connectivity index (χ1) is 19.5. The lowest BCUT2D eigenvalue weighted by molar-refractivity contribution is -0.192. The Bertz CT molecular complexity index is 1310. The Morgan fingerprint density at radius 2 is 1.71 bits per heavy atom. The van der Waals surface area contributed by atoms with Gasteiger partial charge in [0.15, 0.2) is 0 Å². The molecule has 2 aromatic heterocycles. The van der Waals surface area contributed by atoms with Gasteiger partial charge in [-0.05, 0) is 55.0 Å². The Morgan fingerprint density at radius 3 is 2.32 bits per heavy atom. The molecule has 1 aliphatic rings. The fourth-order valence-corrected chi connectivity index (χ4v) is 4.20. The van der Waals surface area contributed by atoms with E-state index in [2.05, 4.69) is 27.6 Å². The molecule has 0 radical (unpaired) electrons. The second kappa shape index (κ2) is 14.3. The lowest BCUT2D eigenvalue weighted by atomic mass is 9.92. The summed E-state index contributed by atoms with van der Waals surface area (Å²) in [6.07, 6.45) is -0.343. The summed E-state index contributed by atoms with van der Waals surface area (Å²) in [7, 11) is 3.12. The Kier molecular flexibility index (Phi) is 10.9. The minimum Gasteiger partial charge on any atom is -0.497 e. The zero-order valence-corrected chi connectivity index (χ0v) is 22.5. The average molecular weight is 581 g/mol. The summed E-state index contributed by atoms with van der Waals surface area (Å²) in [5.41, 5.74) is 3.10. The predicted molar refractivity (Wildman–Crippen MR) is 139 cm³/mol. The van der Waals surface area contributed by atoms with Crippen LogP contribution in [0.2, 0.25) is 0 Å². The molecule has 41 heavy (non-hydrogen) atoms. The van der Waals surface area contributed by atoms with E-state index in [0.29, 0.717) is 36.1 Å². The van der Waals surface area contributed by atoms with Gasteiger partial charge in [-0.3, -0.25) is 4.79 Å². The maximum Gasteiger partial charge on any atom is 0.490 e. The van der Waals surface area contributed by atoms with Gasteiger partial charge in [-0.2, -0.15) is 13.2 Å². The highest BCUT2D eigenvalue weighted by atomic mass is 19.4. The van der Waals surface area contributed by atoms with Crippen LogP contribution < -0.4 is 14.8 Å². The van der Waals surface area contributed by atoms with Gasteiger partial charge in [-0.15, -0.1) is 10.2 Å². The number of nitrogens with zero attached hydrogens (tertiary/aromatic N) is 3. The summed E-state index contributed by atoms with van der Waals surface area (Å²) < 4.78 is 48.2. The maximum atomic E-state index is 11.5. The first-order valence-electron chi connectivity index (χ1n) is 12.8. The molecule has 3 heterocycles. The molecule has 1 atom stereocenters. The van der Waals surface area contributed by atoms with Crippen molar-refractivity contribution in [3.8, 4) is 11.5 Å². The smallest absolute Gasteiger partial charge is 0.490 e. The van der Waals surface area contributed by atoms with Crippen molar-refractivity contribution in [2.75, 3.05) is 26.1 Å².